The minimum atomic E-state index is 0. The first kappa shape index (κ1) is 22.2. The van der Waals surface area contributed by atoms with Gasteiger partial charge in [0.15, 0.2) is 5.96 Å². The summed E-state index contributed by atoms with van der Waals surface area (Å²) in [5.41, 5.74) is 2.29. The Morgan fingerprint density at radius 2 is 2.07 bits per heavy atom. The van der Waals surface area contributed by atoms with Crippen LogP contribution in [0.3, 0.4) is 0 Å². The molecule has 1 aliphatic rings. The van der Waals surface area contributed by atoms with Crippen molar-refractivity contribution in [1.82, 2.24) is 15.6 Å². The number of hydrogen-bond donors (Lipinski definition) is 2. The molecule has 0 saturated carbocycles. The number of hydrogen-bond acceptors (Lipinski definition) is 3. The third-order valence-corrected chi connectivity index (χ3v) is 5.03. The van der Waals surface area contributed by atoms with Crippen molar-refractivity contribution in [2.75, 3.05) is 24.5 Å². The molecule has 0 amide bonds. The number of pyridine rings is 1. The van der Waals surface area contributed by atoms with E-state index < -0.39 is 0 Å². The van der Waals surface area contributed by atoms with E-state index >= 15 is 0 Å². The Kier molecular flexibility index (Phi) is 9.11. The number of nitrogens with one attached hydrogen (secondary N) is 2. The fourth-order valence-corrected chi connectivity index (χ4v) is 3.32. The number of rotatable bonds is 5. The van der Waals surface area contributed by atoms with Crippen molar-refractivity contribution in [2.45, 2.75) is 25.9 Å². The molecule has 146 valence electrons. The second-order valence-electron chi connectivity index (χ2n) is 6.24. The zero-order chi connectivity index (χ0) is 18.4. The van der Waals surface area contributed by atoms with Gasteiger partial charge in [-0.3, -0.25) is 0 Å². The van der Waals surface area contributed by atoms with Crippen LogP contribution in [0, 0.1) is 0 Å². The predicted octanol–water partition coefficient (Wildman–Crippen LogP) is 4.45. The molecule has 1 unspecified atom stereocenters. The standard InChI is InChI=1S/C19H23BrClN5.HI/c1-2-22-19(24-12-14-3-8-18(21)23-11-14)25-16-9-10-26(13-16)17-6-4-15(20)5-7-17;/h3-8,11,16H,2,9-10,12-13H2,1H3,(H2,22,24,25);1H. The highest BCUT2D eigenvalue weighted by molar-refractivity contribution is 14.0. The number of aliphatic imine (C=N–C) groups is 1. The van der Waals surface area contributed by atoms with E-state index in [9.17, 15) is 0 Å². The van der Waals surface area contributed by atoms with E-state index in [1.807, 2.05) is 6.07 Å². The molecule has 0 spiro atoms. The summed E-state index contributed by atoms with van der Waals surface area (Å²) in [4.78, 5) is 11.2. The second-order valence-corrected chi connectivity index (χ2v) is 7.54. The van der Waals surface area contributed by atoms with E-state index in [-0.39, 0.29) is 24.0 Å². The van der Waals surface area contributed by atoms with Crippen LogP contribution in [0.25, 0.3) is 0 Å². The monoisotopic (exact) mass is 563 g/mol. The maximum atomic E-state index is 5.83. The van der Waals surface area contributed by atoms with Crippen LogP contribution in [0.2, 0.25) is 5.15 Å². The molecule has 1 aromatic heterocycles. The fourth-order valence-electron chi connectivity index (χ4n) is 2.95. The van der Waals surface area contributed by atoms with E-state index in [1.54, 1.807) is 12.3 Å². The molecular formula is C19H24BrClIN5. The summed E-state index contributed by atoms with van der Waals surface area (Å²) in [5.74, 6) is 0.838. The van der Waals surface area contributed by atoms with E-state index in [2.05, 4.69) is 72.6 Å². The molecule has 1 saturated heterocycles. The molecule has 1 fully saturated rings. The molecular weight excluding hydrogens is 541 g/mol. The van der Waals surface area contributed by atoms with Gasteiger partial charge >= 0.3 is 0 Å². The number of halogens is 3. The normalized spacial score (nSPS) is 16.8. The lowest BCUT2D eigenvalue weighted by Crippen LogP contribution is -2.44. The van der Waals surface area contributed by atoms with Crippen LogP contribution in [0.15, 0.2) is 52.1 Å². The van der Waals surface area contributed by atoms with Gasteiger partial charge in [0, 0.05) is 42.0 Å². The fraction of sp³-hybridized carbons (Fsp3) is 0.368. The van der Waals surface area contributed by atoms with Crippen LogP contribution in [0.1, 0.15) is 18.9 Å². The molecule has 2 aromatic rings. The minimum absolute atomic E-state index is 0. The van der Waals surface area contributed by atoms with Crippen molar-refractivity contribution >= 4 is 63.2 Å². The van der Waals surface area contributed by atoms with Gasteiger partial charge < -0.3 is 15.5 Å². The molecule has 0 aliphatic carbocycles. The van der Waals surface area contributed by atoms with Gasteiger partial charge in [0.1, 0.15) is 5.15 Å². The van der Waals surface area contributed by atoms with Gasteiger partial charge in [0.2, 0.25) is 0 Å². The maximum Gasteiger partial charge on any atom is 0.191 e. The molecule has 0 bridgehead atoms. The summed E-state index contributed by atoms with van der Waals surface area (Å²) in [5, 5.41) is 7.37. The SMILES string of the molecule is CCNC(=NCc1ccc(Cl)nc1)NC1CCN(c2ccc(Br)cc2)C1.I. The molecule has 2 N–H and O–H groups in total. The first-order valence-corrected chi connectivity index (χ1v) is 9.97. The van der Waals surface area contributed by atoms with Crippen molar-refractivity contribution < 1.29 is 0 Å². The number of benzene rings is 1. The lowest BCUT2D eigenvalue weighted by Gasteiger charge is -2.20. The zero-order valence-electron chi connectivity index (χ0n) is 15.2. The van der Waals surface area contributed by atoms with Crippen LogP contribution in [-0.4, -0.2) is 36.6 Å². The van der Waals surface area contributed by atoms with Crippen molar-refractivity contribution in [3.8, 4) is 0 Å². The Balaban J connectivity index is 0.00000261. The van der Waals surface area contributed by atoms with Gasteiger partial charge in [-0.15, -0.1) is 24.0 Å². The highest BCUT2D eigenvalue weighted by Gasteiger charge is 2.23. The Bertz CT molecular complexity index is 739. The molecule has 1 aliphatic heterocycles. The Labute approximate surface area is 191 Å². The minimum Gasteiger partial charge on any atom is -0.369 e. The molecule has 1 aromatic carbocycles. The lowest BCUT2D eigenvalue weighted by molar-refractivity contribution is 0.649. The summed E-state index contributed by atoms with van der Waals surface area (Å²) >= 11 is 9.32. The van der Waals surface area contributed by atoms with E-state index in [1.165, 1.54) is 5.69 Å². The number of nitrogens with zero attached hydrogens (tertiary/aromatic N) is 3. The topological polar surface area (TPSA) is 52.6 Å². The number of aromatic nitrogens is 1. The van der Waals surface area contributed by atoms with Gasteiger partial charge in [0.05, 0.1) is 6.54 Å². The van der Waals surface area contributed by atoms with E-state index in [4.69, 9.17) is 11.6 Å². The predicted molar refractivity (Wildman–Crippen MR) is 127 cm³/mol. The Morgan fingerprint density at radius 1 is 1.30 bits per heavy atom. The molecule has 5 nitrogen and oxygen atoms in total. The average molecular weight is 565 g/mol. The van der Waals surface area contributed by atoms with Crippen molar-refractivity contribution in [3.05, 3.63) is 57.8 Å². The van der Waals surface area contributed by atoms with Crippen LogP contribution >= 0.6 is 51.5 Å². The molecule has 1 atom stereocenters. The Hall–Kier alpha value is -1.06. The van der Waals surface area contributed by atoms with Crippen molar-refractivity contribution in [3.63, 3.8) is 0 Å². The third kappa shape index (κ3) is 6.80. The highest BCUT2D eigenvalue weighted by Crippen LogP contribution is 2.22. The van der Waals surface area contributed by atoms with Crippen LogP contribution in [0.4, 0.5) is 5.69 Å². The van der Waals surface area contributed by atoms with Crippen LogP contribution in [0.5, 0.6) is 0 Å². The van der Waals surface area contributed by atoms with Crippen LogP contribution < -0.4 is 15.5 Å². The molecule has 27 heavy (non-hydrogen) atoms. The molecule has 3 rings (SSSR count). The van der Waals surface area contributed by atoms with E-state index in [0.29, 0.717) is 17.7 Å². The molecule has 8 heteroatoms. The smallest absolute Gasteiger partial charge is 0.191 e. The summed E-state index contributed by atoms with van der Waals surface area (Å²) in [6.45, 7) is 5.48. The quantitative estimate of drug-likeness (QED) is 0.244. The van der Waals surface area contributed by atoms with Crippen molar-refractivity contribution in [1.29, 1.82) is 0 Å². The number of anilines is 1. The van der Waals surface area contributed by atoms with Crippen molar-refractivity contribution in [2.24, 2.45) is 4.99 Å². The lowest BCUT2D eigenvalue weighted by atomic mass is 10.2. The largest absolute Gasteiger partial charge is 0.369 e. The Morgan fingerprint density at radius 3 is 2.74 bits per heavy atom. The van der Waals surface area contributed by atoms with Gasteiger partial charge in [0.25, 0.3) is 0 Å². The average Bonchev–Trinajstić information content (AvgIpc) is 3.10. The summed E-state index contributed by atoms with van der Waals surface area (Å²) in [6.07, 6.45) is 2.85. The van der Waals surface area contributed by atoms with Gasteiger partial charge in [-0.25, -0.2) is 9.98 Å². The van der Waals surface area contributed by atoms with Crippen LogP contribution in [-0.2, 0) is 6.54 Å². The van der Waals surface area contributed by atoms with E-state index in [0.717, 1.165) is 42.1 Å². The summed E-state index contributed by atoms with van der Waals surface area (Å²) in [6, 6.07) is 12.6. The molecule has 2 heterocycles. The third-order valence-electron chi connectivity index (χ3n) is 4.27. The molecule has 0 radical (unpaired) electrons. The zero-order valence-corrected chi connectivity index (χ0v) is 19.8. The highest BCUT2D eigenvalue weighted by atomic mass is 127. The maximum absolute atomic E-state index is 5.83. The summed E-state index contributed by atoms with van der Waals surface area (Å²) < 4.78 is 1.10. The summed E-state index contributed by atoms with van der Waals surface area (Å²) in [7, 11) is 0. The first-order chi connectivity index (χ1) is 12.6. The second kappa shape index (κ2) is 11.1. The van der Waals surface area contributed by atoms with Gasteiger partial charge in [-0.05, 0) is 49.2 Å². The van der Waals surface area contributed by atoms with Gasteiger partial charge in [-0.1, -0.05) is 33.6 Å². The first-order valence-electron chi connectivity index (χ1n) is 8.80. The van der Waals surface area contributed by atoms with Gasteiger partial charge in [-0.2, -0.15) is 0 Å². The number of guanidine groups is 1.